The van der Waals surface area contributed by atoms with Crippen molar-refractivity contribution < 1.29 is 22.1 Å². The largest absolute Gasteiger partial charge is 0.457 e. The molecule has 110 valence electrons. The molecule has 2 aromatic carbocycles. The highest BCUT2D eigenvalue weighted by molar-refractivity contribution is 7.86. The van der Waals surface area contributed by atoms with Crippen molar-refractivity contribution in [3.63, 3.8) is 0 Å². The van der Waals surface area contributed by atoms with Crippen LogP contribution in [0.3, 0.4) is 0 Å². The highest BCUT2D eigenvalue weighted by Gasteiger charge is 2.11. The molecule has 0 spiro atoms. The van der Waals surface area contributed by atoms with Gasteiger partial charge in [-0.25, -0.2) is 4.79 Å². The second-order valence-electron chi connectivity index (χ2n) is 4.38. The lowest BCUT2D eigenvalue weighted by molar-refractivity contribution is 0.0472. The highest BCUT2D eigenvalue weighted by atomic mass is 32.2. The fourth-order valence-corrected chi connectivity index (χ4v) is 2.11. The minimum atomic E-state index is -3.63. The molecule has 0 aliphatic heterocycles. The van der Waals surface area contributed by atoms with E-state index in [2.05, 4.69) is 0 Å². The first kappa shape index (κ1) is 15.1. The quantitative estimate of drug-likeness (QED) is 0.626. The Kier molecular flexibility index (Phi) is 4.59. The lowest BCUT2D eigenvalue weighted by Gasteiger charge is -2.07. The Hall–Kier alpha value is -2.34. The second kappa shape index (κ2) is 6.41. The van der Waals surface area contributed by atoms with Crippen molar-refractivity contribution in [3.8, 4) is 5.75 Å². The molecule has 0 unspecified atom stereocenters. The van der Waals surface area contributed by atoms with Crippen molar-refractivity contribution in [3.05, 3.63) is 65.7 Å². The van der Waals surface area contributed by atoms with Gasteiger partial charge in [0.1, 0.15) is 12.4 Å². The van der Waals surface area contributed by atoms with Gasteiger partial charge in [-0.15, -0.1) is 0 Å². The van der Waals surface area contributed by atoms with E-state index in [9.17, 15) is 13.2 Å². The second-order valence-corrected chi connectivity index (χ2v) is 5.95. The van der Waals surface area contributed by atoms with E-state index in [0.29, 0.717) is 0 Å². The van der Waals surface area contributed by atoms with Crippen LogP contribution in [0.1, 0.15) is 15.9 Å². The lowest BCUT2D eigenvalue weighted by Crippen LogP contribution is -2.08. The maximum absolute atomic E-state index is 11.9. The molecule has 0 saturated carbocycles. The first-order valence-corrected chi connectivity index (χ1v) is 7.96. The van der Waals surface area contributed by atoms with E-state index < -0.39 is 16.1 Å². The third-order valence-electron chi connectivity index (χ3n) is 2.53. The van der Waals surface area contributed by atoms with E-state index in [0.717, 1.165) is 11.8 Å². The van der Waals surface area contributed by atoms with E-state index in [1.165, 1.54) is 24.3 Å². The molecule has 21 heavy (non-hydrogen) atoms. The van der Waals surface area contributed by atoms with Crippen LogP contribution < -0.4 is 4.18 Å². The van der Waals surface area contributed by atoms with E-state index >= 15 is 0 Å². The molecule has 0 atom stereocenters. The monoisotopic (exact) mass is 306 g/mol. The van der Waals surface area contributed by atoms with Crippen molar-refractivity contribution in [2.24, 2.45) is 0 Å². The molecule has 0 fully saturated rings. The molecule has 0 aromatic heterocycles. The van der Waals surface area contributed by atoms with Crippen LogP contribution in [-0.4, -0.2) is 20.6 Å². The van der Waals surface area contributed by atoms with Gasteiger partial charge in [0.15, 0.2) is 0 Å². The Morgan fingerprint density at radius 2 is 1.76 bits per heavy atom. The van der Waals surface area contributed by atoms with Crippen LogP contribution in [0, 0.1) is 0 Å². The van der Waals surface area contributed by atoms with Crippen molar-refractivity contribution in [2.75, 3.05) is 6.26 Å². The SMILES string of the molecule is CS(=O)(=O)Oc1cccc(C(=O)OCc2ccccc2)c1. The highest BCUT2D eigenvalue weighted by Crippen LogP contribution is 2.16. The van der Waals surface area contributed by atoms with E-state index in [-0.39, 0.29) is 17.9 Å². The average molecular weight is 306 g/mol. The number of hydrogen-bond acceptors (Lipinski definition) is 5. The molecule has 2 aromatic rings. The van der Waals surface area contributed by atoms with Crippen LogP contribution in [-0.2, 0) is 21.5 Å². The summed E-state index contributed by atoms with van der Waals surface area (Å²) in [6.07, 6.45) is 0.938. The maximum atomic E-state index is 11.9. The Morgan fingerprint density at radius 3 is 2.43 bits per heavy atom. The predicted octanol–water partition coefficient (Wildman–Crippen LogP) is 2.38. The third-order valence-corrected chi connectivity index (χ3v) is 3.03. The summed E-state index contributed by atoms with van der Waals surface area (Å²) in [5, 5.41) is 0. The first-order chi connectivity index (χ1) is 9.94. The van der Waals surface area contributed by atoms with Gasteiger partial charge in [-0.1, -0.05) is 36.4 Å². The van der Waals surface area contributed by atoms with Crippen molar-refractivity contribution >= 4 is 16.1 Å². The molecule has 0 amide bonds. The van der Waals surface area contributed by atoms with Crippen LogP contribution in [0.4, 0.5) is 0 Å². The van der Waals surface area contributed by atoms with Gasteiger partial charge >= 0.3 is 16.1 Å². The van der Waals surface area contributed by atoms with Gasteiger partial charge in [-0.3, -0.25) is 0 Å². The smallest absolute Gasteiger partial charge is 0.338 e. The average Bonchev–Trinajstić information content (AvgIpc) is 2.44. The zero-order valence-corrected chi connectivity index (χ0v) is 12.2. The lowest BCUT2D eigenvalue weighted by atomic mass is 10.2. The topological polar surface area (TPSA) is 69.7 Å². The molecule has 5 nitrogen and oxygen atoms in total. The van der Waals surface area contributed by atoms with Crippen molar-refractivity contribution in [1.82, 2.24) is 0 Å². The Morgan fingerprint density at radius 1 is 1.05 bits per heavy atom. The Balaban J connectivity index is 2.04. The minimum absolute atomic E-state index is 0.0756. The van der Waals surface area contributed by atoms with Crippen LogP contribution in [0.25, 0.3) is 0 Å². The molecule has 0 bridgehead atoms. The summed E-state index contributed by atoms with van der Waals surface area (Å²) >= 11 is 0. The first-order valence-electron chi connectivity index (χ1n) is 6.14. The number of esters is 1. The van der Waals surface area contributed by atoms with Gasteiger partial charge in [-0.2, -0.15) is 8.42 Å². The van der Waals surface area contributed by atoms with Gasteiger partial charge in [0.2, 0.25) is 0 Å². The van der Waals surface area contributed by atoms with Crippen LogP contribution in [0.5, 0.6) is 5.75 Å². The van der Waals surface area contributed by atoms with Gasteiger partial charge in [-0.05, 0) is 23.8 Å². The number of ether oxygens (including phenoxy) is 1. The molecule has 0 heterocycles. The summed E-state index contributed by atoms with van der Waals surface area (Å²) < 4.78 is 32.0. The molecule has 0 aliphatic carbocycles. The van der Waals surface area contributed by atoms with E-state index in [1.807, 2.05) is 30.3 Å². The van der Waals surface area contributed by atoms with Gasteiger partial charge in [0.25, 0.3) is 0 Å². The third kappa shape index (κ3) is 4.92. The molecule has 0 radical (unpaired) electrons. The fraction of sp³-hybridized carbons (Fsp3) is 0.133. The Labute approximate surface area is 123 Å². The van der Waals surface area contributed by atoms with Crippen LogP contribution in [0.15, 0.2) is 54.6 Å². The Bertz CT molecular complexity index is 723. The number of hydrogen-bond donors (Lipinski definition) is 0. The normalized spacial score (nSPS) is 10.9. The summed E-state index contributed by atoms with van der Waals surface area (Å²) in [7, 11) is -3.63. The van der Waals surface area contributed by atoms with Gasteiger partial charge in [0.05, 0.1) is 11.8 Å². The summed E-state index contributed by atoms with van der Waals surface area (Å²) in [5.74, 6) is -0.468. The van der Waals surface area contributed by atoms with Gasteiger partial charge < -0.3 is 8.92 Å². The van der Waals surface area contributed by atoms with Crippen LogP contribution in [0.2, 0.25) is 0 Å². The maximum Gasteiger partial charge on any atom is 0.338 e. The van der Waals surface area contributed by atoms with E-state index in [1.54, 1.807) is 0 Å². The number of carbonyl (C=O) groups excluding carboxylic acids is 1. The van der Waals surface area contributed by atoms with Crippen LogP contribution >= 0.6 is 0 Å². The molecular weight excluding hydrogens is 292 g/mol. The number of carbonyl (C=O) groups is 1. The summed E-state index contributed by atoms with van der Waals surface area (Å²) in [5.41, 5.74) is 1.10. The minimum Gasteiger partial charge on any atom is -0.457 e. The zero-order valence-electron chi connectivity index (χ0n) is 11.4. The van der Waals surface area contributed by atoms with Gasteiger partial charge in [0, 0.05) is 0 Å². The summed E-state index contributed by atoms with van der Waals surface area (Å²) in [6.45, 7) is 0.150. The number of benzene rings is 2. The predicted molar refractivity (Wildman–Crippen MR) is 77.5 cm³/mol. The fourth-order valence-electron chi connectivity index (χ4n) is 1.66. The number of rotatable bonds is 5. The molecule has 0 aliphatic rings. The molecule has 2 rings (SSSR count). The standard InChI is InChI=1S/C15H14O5S/c1-21(17,18)20-14-9-5-8-13(10-14)15(16)19-11-12-6-3-2-4-7-12/h2-10H,11H2,1H3. The van der Waals surface area contributed by atoms with Crippen molar-refractivity contribution in [2.45, 2.75) is 6.61 Å². The molecule has 0 saturated heterocycles. The van der Waals surface area contributed by atoms with Crippen molar-refractivity contribution in [1.29, 1.82) is 0 Å². The molecule has 0 N–H and O–H groups in total. The summed E-state index contributed by atoms with van der Waals surface area (Å²) in [6, 6.07) is 15.1. The summed E-state index contributed by atoms with van der Waals surface area (Å²) in [4.78, 5) is 11.9. The van der Waals surface area contributed by atoms with E-state index in [4.69, 9.17) is 8.92 Å². The molecular formula is C15H14O5S. The zero-order chi connectivity index (χ0) is 15.3. The molecule has 6 heteroatoms.